The number of fused-ring (bicyclic) bond motifs is 1. The normalized spacial score (nSPS) is 10.8. The van der Waals surface area contributed by atoms with Gasteiger partial charge >= 0.3 is 0 Å². The van der Waals surface area contributed by atoms with Gasteiger partial charge in [0.15, 0.2) is 5.75 Å². The summed E-state index contributed by atoms with van der Waals surface area (Å²) < 4.78 is 16.5. The first kappa shape index (κ1) is 13.4. The van der Waals surface area contributed by atoms with E-state index in [-0.39, 0.29) is 5.76 Å². The highest BCUT2D eigenvalue weighted by Gasteiger charge is 2.14. The van der Waals surface area contributed by atoms with Crippen molar-refractivity contribution in [3.8, 4) is 11.8 Å². The predicted octanol–water partition coefficient (Wildman–Crippen LogP) is 3.36. The van der Waals surface area contributed by atoms with Crippen molar-refractivity contribution >= 4 is 11.0 Å². The van der Waals surface area contributed by atoms with Gasteiger partial charge in [0, 0.05) is 6.61 Å². The maximum absolute atomic E-state index is 9.04. The van der Waals surface area contributed by atoms with E-state index in [0.29, 0.717) is 37.1 Å². The lowest BCUT2D eigenvalue weighted by molar-refractivity contribution is 0.0819. The van der Waals surface area contributed by atoms with Gasteiger partial charge in [-0.1, -0.05) is 26.0 Å². The summed E-state index contributed by atoms with van der Waals surface area (Å²) in [6.45, 7) is 5.81. The first-order valence-corrected chi connectivity index (χ1v) is 6.34. The van der Waals surface area contributed by atoms with Crippen molar-refractivity contribution in [2.45, 2.75) is 13.8 Å². The van der Waals surface area contributed by atoms with Crippen LogP contribution in [-0.4, -0.2) is 19.8 Å². The zero-order valence-electron chi connectivity index (χ0n) is 11.2. The smallest absolute Gasteiger partial charge is 0.246 e. The number of furan rings is 1. The van der Waals surface area contributed by atoms with Crippen LogP contribution in [0.4, 0.5) is 0 Å². The Bertz CT molecular complexity index is 581. The average Bonchev–Trinajstić information content (AvgIpc) is 2.76. The Labute approximate surface area is 112 Å². The number of para-hydroxylation sites is 1. The Kier molecular flexibility index (Phi) is 4.43. The Balaban J connectivity index is 2.01. The lowest BCUT2D eigenvalue weighted by atomic mass is 10.2. The monoisotopic (exact) mass is 259 g/mol. The van der Waals surface area contributed by atoms with E-state index in [1.54, 1.807) is 0 Å². The van der Waals surface area contributed by atoms with Gasteiger partial charge in [-0.25, -0.2) is 0 Å². The van der Waals surface area contributed by atoms with Gasteiger partial charge in [0.2, 0.25) is 5.76 Å². The molecule has 4 heteroatoms. The molecule has 0 aliphatic heterocycles. The van der Waals surface area contributed by atoms with Crippen molar-refractivity contribution in [3.63, 3.8) is 0 Å². The highest BCUT2D eigenvalue weighted by molar-refractivity contribution is 5.86. The zero-order chi connectivity index (χ0) is 13.7. The Morgan fingerprint density at radius 2 is 2.05 bits per heavy atom. The van der Waals surface area contributed by atoms with Gasteiger partial charge in [0.05, 0.1) is 12.0 Å². The van der Waals surface area contributed by atoms with Crippen molar-refractivity contribution in [3.05, 3.63) is 30.0 Å². The lowest BCUT2D eigenvalue weighted by Crippen LogP contribution is -2.10. The highest BCUT2D eigenvalue weighted by atomic mass is 16.5. The Morgan fingerprint density at radius 3 is 2.79 bits per heavy atom. The van der Waals surface area contributed by atoms with Gasteiger partial charge in [-0.3, -0.25) is 0 Å². The van der Waals surface area contributed by atoms with E-state index in [4.69, 9.17) is 19.2 Å². The molecule has 4 nitrogen and oxygen atoms in total. The molecule has 2 aromatic rings. The molecule has 0 amide bonds. The molecule has 0 aliphatic rings. The second-order valence-electron chi connectivity index (χ2n) is 4.69. The third kappa shape index (κ3) is 3.27. The summed E-state index contributed by atoms with van der Waals surface area (Å²) in [5.74, 6) is 1.22. The average molecular weight is 259 g/mol. The first-order chi connectivity index (χ1) is 9.22. The van der Waals surface area contributed by atoms with Crippen LogP contribution < -0.4 is 4.74 Å². The first-order valence-electron chi connectivity index (χ1n) is 6.34. The molecular weight excluding hydrogens is 242 g/mol. The summed E-state index contributed by atoms with van der Waals surface area (Å²) in [5, 5.41) is 9.86. The van der Waals surface area contributed by atoms with Crippen LogP contribution in [0.5, 0.6) is 5.75 Å². The fourth-order valence-electron chi connectivity index (χ4n) is 1.76. The molecule has 0 aliphatic carbocycles. The SMILES string of the molecule is CC(C)COCCOc1c(C#N)oc2ccccc12. The van der Waals surface area contributed by atoms with E-state index in [0.717, 1.165) is 5.39 Å². The minimum Gasteiger partial charge on any atom is -0.486 e. The summed E-state index contributed by atoms with van der Waals surface area (Å²) in [6.07, 6.45) is 0. The fraction of sp³-hybridized carbons (Fsp3) is 0.400. The minimum absolute atomic E-state index is 0.213. The molecule has 1 heterocycles. The predicted molar refractivity (Wildman–Crippen MR) is 72.1 cm³/mol. The Morgan fingerprint density at radius 1 is 1.26 bits per heavy atom. The molecule has 100 valence electrons. The van der Waals surface area contributed by atoms with Crippen LogP contribution in [-0.2, 0) is 4.74 Å². The summed E-state index contributed by atoms with van der Waals surface area (Å²) in [6, 6.07) is 9.46. The summed E-state index contributed by atoms with van der Waals surface area (Å²) >= 11 is 0. The van der Waals surface area contributed by atoms with Crippen molar-refractivity contribution in [2.75, 3.05) is 19.8 Å². The van der Waals surface area contributed by atoms with Gasteiger partial charge in [-0.15, -0.1) is 0 Å². The van der Waals surface area contributed by atoms with Crippen molar-refractivity contribution in [1.29, 1.82) is 5.26 Å². The van der Waals surface area contributed by atoms with E-state index in [2.05, 4.69) is 13.8 Å². The number of ether oxygens (including phenoxy) is 2. The van der Waals surface area contributed by atoms with Crippen LogP contribution in [0.25, 0.3) is 11.0 Å². The van der Waals surface area contributed by atoms with Gasteiger partial charge < -0.3 is 13.9 Å². The molecule has 0 saturated carbocycles. The van der Waals surface area contributed by atoms with Crippen LogP contribution in [0, 0.1) is 17.2 Å². The van der Waals surface area contributed by atoms with Crippen molar-refractivity contribution < 1.29 is 13.9 Å². The van der Waals surface area contributed by atoms with Crippen molar-refractivity contribution in [2.24, 2.45) is 5.92 Å². The molecule has 0 radical (unpaired) electrons. The molecular formula is C15H17NO3. The second-order valence-corrected chi connectivity index (χ2v) is 4.69. The van der Waals surface area contributed by atoms with Crippen LogP contribution in [0.15, 0.2) is 28.7 Å². The number of hydrogen-bond donors (Lipinski definition) is 0. The molecule has 0 unspecified atom stereocenters. The molecule has 0 atom stereocenters. The van der Waals surface area contributed by atoms with E-state index in [1.165, 1.54) is 0 Å². The van der Waals surface area contributed by atoms with Gasteiger partial charge in [-0.05, 0) is 18.1 Å². The van der Waals surface area contributed by atoms with Crippen LogP contribution in [0.3, 0.4) is 0 Å². The molecule has 1 aromatic heterocycles. The molecule has 0 saturated heterocycles. The molecule has 2 rings (SSSR count). The standard InChI is InChI=1S/C15H17NO3/c1-11(2)10-17-7-8-18-15-12-5-3-4-6-13(12)19-14(15)9-16/h3-6,11H,7-8,10H2,1-2H3. The lowest BCUT2D eigenvalue weighted by Gasteiger charge is -2.07. The van der Waals surface area contributed by atoms with Crippen LogP contribution >= 0.6 is 0 Å². The molecule has 0 fully saturated rings. The quantitative estimate of drug-likeness (QED) is 0.746. The number of benzene rings is 1. The van der Waals surface area contributed by atoms with Crippen molar-refractivity contribution in [1.82, 2.24) is 0 Å². The maximum atomic E-state index is 9.04. The molecule has 0 N–H and O–H groups in total. The maximum Gasteiger partial charge on any atom is 0.246 e. The minimum atomic E-state index is 0.213. The third-order valence-electron chi connectivity index (χ3n) is 2.58. The topological polar surface area (TPSA) is 55.4 Å². The molecule has 0 spiro atoms. The van der Waals surface area contributed by atoms with Gasteiger partial charge in [-0.2, -0.15) is 5.26 Å². The second kappa shape index (κ2) is 6.26. The van der Waals surface area contributed by atoms with E-state index in [9.17, 15) is 0 Å². The third-order valence-corrected chi connectivity index (χ3v) is 2.58. The van der Waals surface area contributed by atoms with Gasteiger partial charge in [0.25, 0.3) is 0 Å². The Hall–Kier alpha value is -1.99. The summed E-state index contributed by atoms with van der Waals surface area (Å²) in [5.41, 5.74) is 0.664. The van der Waals surface area contributed by atoms with E-state index in [1.807, 2.05) is 30.3 Å². The van der Waals surface area contributed by atoms with Gasteiger partial charge in [0.1, 0.15) is 18.3 Å². The number of nitrogens with zero attached hydrogens (tertiary/aromatic N) is 1. The van der Waals surface area contributed by atoms with Crippen LogP contribution in [0.1, 0.15) is 19.6 Å². The van der Waals surface area contributed by atoms with E-state index < -0.39 is 0 Å². The van der Waals surface area contributed by atoms with E-state index >= 15 is 0 Å². The number of nitriles is 1. The number of rotatable bonds is 6. The summed E-state index contributed by atoms with van der Waals surface area (Å²) in [7, 11) is 0. The molecule has 19 heavy (non-hydrogen) atoms. The highest BCUT2D eigenvalue weighted by Crippen LogP contribution is 2.32. The van der Waals surface area contributed by atoms with Crippen LogP contribution in [0.2, 0.25) is 0 Å². The fourth-order valence-corrected chi connectivity index (χ4v) is 1.76. The largest absolute Gasteiger partial charge is 0.486 e. The zero-order valence-corrected chi connectivity index (χ0v) is 11.2. The molecule has 0 bridgehead atoms. The number of hydrogen-bond acceptors (Lipinski definition) is 4. The molecule has 1 aromatic carbocycles. The summed E-state index contributed by atoms with van der Waals surface area (Å²) in [4.78, 5) is 0.